The van der Waals surface area contributed by atoms with Crippen molar-refractivity contribution >= 4 is 15.5 Å². The maximum Gasteiger partial charge on any atom is 0.163 e. The van der Waals surface area contributed by atoms with E-state index >= 15 is 0 Å². The summed E-state index contributed by atoms with van der Waals surface area (Å²) in [5.74, 6) is -0.0735. The molecule has 7 heteroatoms. The summed E-state index contributed by atoms with van der Waals surface area (Å²) in [6.45, 7) is 0. The summed E-state index contributed by atoms with van der Waals surface area (Å²) < 4.78 is 22.3. The van der Waals surface area contributed by atoms with Crippen molar-refractivity contribution in [2.75, 3.05) is 11.6 Å². The minimum absolute atomic E-state index is 0.0735. The van der Waals surface area contributed by atoms with Crippen LogP contribution in [-0.2, 0) is 15.6 Å². The molecule has 0 saturated carbocycles. The summed E-state index contributed by atoms with van der Waals surface area (Å²) in [5.41, 5.74) is 0.640. The lowest BCUT2D eigenvalue weighted by Gasteiger charge is -2.05. The van der Waals surface area contributed by atoms with E-state index in [9.17, 15) is 8.42 Å². The van der Waals surface area contributed by atoms with E-state index in [1.807, 2.05) is 0 Å². The van der Waals surface area contributed by atoms with E-state index in [0.29, 0.717) is 11.3 Å². The number of nitrogens with zero attached hydrogens (tertiary/aromatic N) is 3. The van der Waals surface area contributed by atoms with Crippen molar-refractivity contribution in [2.24, 2.45) is 0 Å². The monoisotopic (exact) mass is 286 g/mol. The lowest BCUT2D eigenvalue weighted by molar-refractivity contribution is 0.601. The average molecular weight is 286 g/mol. The molecular formula is C13H10N4O2S. The second kappa shape index (κ2) is 6.38. The zero-order valence-electron chi connectivity index (χ0n) is 10.6. The van der Waals surface area contributed by atoms with E-state index in [1.165, 1.54) is 0 Å². The largest absolute Gasteiger partial charge is 0.345 e. The number of nitrogens with one attached hydrogen (secondary N) is 1. The first-order chi connectivity index (χ1) is 9.39. The number of anilines is 1. The Kier molecular flexibility index (Phi) is 4.86. The Bertz CT molecular complexity index is 741. The molecule has 0 aliphatic heterocycles. The van der Waals surface area contributed by atoms with Crippen molar-refractivity contribution in [1.29, 1.82) is 15.8 Å². The van der Waals surface area contributed by atoms with Gasteiger partial charge in [0.2, 0.25) is 0 Å². The molecular weight excluding hydrogens is 276 g/mol. The molecule has 0 amide bonds. The molecule has 1 aromatic carbocycles. The van der Waals surface area contributed by atoms with Crippen LogP contribution in [0.4, 0.5) is 5.69 Å². The Labute approximate surface area is 117 Å². The molecule has 1 N–H and O–H groups in total. The van der Waals surface area contributed by atoms with E-state index in [0.717, 1.165) is 6.26 Å². The fourth-order valence-corrected chi connectivity index (χ4v) is 2.21. The van der Waals surface area contributed by atoms with Crippen molar-refractivity contribution in [3.63, 3.8) is 0 Å². The smallest absolute Gasteiger partial charge is 0.163 e. The molecule has 100 valence electrons. The van der Waals surface area contributed by atoms with Gasteiger partial charge in [-0.25, -0.2) is 8.42 Å². The Hall–Kier alpha value is -2.82. The van der Waals surface area contributed by atoms with E-state index in [1.54, 1.807) is 42.5 Å². The lowest BCUT2D eigenvalue weighted by Crippen LogP contribution is -2.02. The van der Waals surface area contributed by atoms with Crippen LogP contribution < -0.4 is 5.32 Å². The standard InChI is InChI=1S/C13H10N4O2S/c1-20(18,19)9-10-2-4-12(5-3-10)17-13(8-16)11(6-14)7-15/h2-5,17H,9H2,1H3. The summed E-state index contributed by atoms with van der Waals surface area (Å²) in [7, 11) is -3.11. The topological polar surface area (TPSA) is 118 Å². The van der Waals surface area contributed by atoms with Crippen LogP contribution >= 0.6 is 0 Å². The van der Waals surface area contributed by atoms with E-state index < -0.39 is 9.84 Å². The summed E-state index contributed by atoms with van der Waals surface area (Å²) in [5, 5.41) is 28.9. The summed E-state index contributed by atoms with van der Waals surface area (Å²) in [6, 6.07) is 11.3. The third-order valence-electron chi connectivity index (χ3n) is 2.24. The fraction of sp³-hybridized carbons (Fsp3) is 0.154. The molecule has 0 spiro atoms. The van der Waals surface area contributed by atoms with Gasteiger partial charge in [-0.3, -0.25) is 0 Å². The van der Waals surface area contributed by atoms with Gasteiger partial charge in [0.15, 0.2) is 15.4 Å². The average Bonchev–Trinajstić information content (AvgIpc) is 2.39. The number of benzene rings is 1. The van der Waals surface area contributed by atoms with Crippen molar-refractivity contribution in [3.8, 4) is 18.2 Å². The maximum absolute atomic E-state index is 11.1. The van der Waals surface area contributed by atoms with Gasteiger partial charge in [-0.05, 0) is 17.7 Å². The number of hydrogen-bond donors (Lipinski definition) is 1. The van der Waals surface area contributed by atoms with Crippen LogP contribution in [0.5, 0.6) is 0 Å². The number of sulfone groups is 1. The lowest BCUT2D eigenvalue weighted by atomic mass is 10.2. The van der Waals surface area contributed by atoms with Gasteiger partial charge in [-0.2, -0.15) is 15.8 Å². The fourth-order valence-electron chi connectivity index (χ4n) is 1.41. The third kappa shape index (κ3) is 4.45. The molecule has 0 bridgehead atoms. The number of hydrogen-bond acceptors (Lipinski definition) is 6. The molecule has 0 atom stereocenters. The second-order valence-corrected chi connectivity index (χ2v) is 6.12. The van der Waals surface area contributed by atoms with E-state index in [-0.39, 0.29) is 17.0 Å². The highest BCUT2D eigenvalue weighted by atomic mass is 32.2. The Morgan fingerprint density at radius 1 is 1.10 bits per heavy atom. The first kappa shape index (κ1) is 15.2. The van der Waals surface area contributed by atoms with Crippen LogP contribution in [-0.4, -0.2) is 14.7 Å². The zero-order chi connectivity index (χ0) is 15.2. The van der Waals surface area contributed by atoms with Gasteiger partial charge in [0.05, 0.1) is 5.75 Å². The molecule has 6 nitrogen and oxygen atoms in total. The van der Waals surface area contributed by atoms with Crippen molar-refractivity contribution < 1.29 is 8.42 Å². The molecule has 0 aliphatic rings. The summed E-state index contributed by atoms with van der Waals surface area (Å²) in [6.07, 6.45) is 1.14. The van der Waals surface area contributed by atoms with Crippen LogP contribution in [0.15, 0.2) is 35.5 Å². The van der Waals surface area contributed by atoms with Gasteiger partial charge < -0.3 is 5.32 Å². The van der Waals surface area contributed by atoms with Crippen molar-refractivity contribution in [3.05, 3.63) is 41.1 Å². The van der Waals surface area contributed by atoms with Gasteiger partial charge in [0, 0.05) is 11.9 Å². The molecule has 0 heterocycles. The second-order valence-electron chi connectivity index (χ2n) is 3.98. The SMILES string of the molecule is CS(=O)(=O)Cc1ccc(NC(C#N)=C(C#N)C#N)cc1. The van der Waals surface area contributed by atoms with Crippen molar-refractivity contribution in [1.82, 2.24) is 0 Å². The van der Waals surface area contributed by atoms with Crippen LogP contribution in [0.3, 0.4) is 0 Å². The van der Waals surface area contributed by atoms with E-state index in [4.69, 9.17) is 15.8 Å². The van der Waals surface area contributed by atoms with E-state index in [2.05, 4.69) is 5.32 Å². The minimum Gasteiger partial charge on any atom is -0.345 e. The molecule has 0 aliphatic carbocycles. The quantitative estimate of drug-likeness (QED) is 0.837. The Morgan fingerprint density at radius 3 is 2.05 bits per heavy atom. The summed E-state index contributed by atoms with van der Waals surface area (Å²) in [4.78, 5) is 0. The first-order valence-corrected chi connectivity index (χ1v) is 7.44. The number of rotatable bonds is 4. The van der Waals surface area contributed by atoms with Crippen LogP contribution in [0.2, 0.25) is 0 Å². The molecule has 0 aromatic heterocycles. The first-order valence-electron chi connectivity index (χ1n) is 5.38. The van der Waals surface area contributed by atoms with Crippen LogP contribution in [0.25, 0.3) is 0 Å². The molecule has 20 heavy (non-hydrogen) atoms. The minimum atomic E-state index is -3.11. The zero-order valence-corrected chi connectivity index (χ0v) is 11.4. The van der Waals surface area contributed by atoms with Gasteiger partial charge in [-0.15, -0.1) is 0 Å². The molecule has 1 aromatic rings. The number of allylic oxidation sites excluding steroid dienone is 2. The van der Waals surface area contributed by atoms with Gasteiger partial charge in [0.1, 0.15) is 23.9 Å². The Balaban J connectivity index is 2.97. The van der Waals surface area contributed by atoms with Gasteiger partial charge >= 0.3 is 0 Å². The highest BCUT2D eigenvalue weighted by molar-refractivity contribution is 7.89. The molecule has 1 rings (SSSR count). The van der Waals surface area contributed by atoms with Gasteiger partial charge in [0.25, 0.3) is 0 Å². The molecule has 0 radical (unpaired) electrons. The summed E-state index contributed by atoms with van der Waals surface area (Å²) >= 11 is 0. The molecule has 0 saturated heterocycles. The maximum atomic E-state index is 11.1. The van der Waals surface area contributed by atoms with Crippen LogP contribution in [0, 0.1) is 34.0 Å². The number of nitriles is 3. The normalized spacial score (nSPS) is 9.70. The van der Waals surface area contributed by atoms with Gasteiger partial charge in [-0.1, -0.05) is 12.1 Å². The predicted molar refractivity (Wildman–Crippen MR) is 72.5 cm³/mol. The molecule has 0 fully saturated rings. The third-order valence-corrected chi connectivity index (χ3v) is 3.10. The predicted octanol–water partition coefficient (Wildman–Crippen LogP) is 1.47. The molecule has 0 unspecified atom stereocenters. The highest BCUT2D eigenvalue weighted by Gasteiger charge is 2.07. The van der Waals surface area contributed by atoms with Crippen molar-refractivity contribution in [2.45, 2.75) is 5.75 Å². The van der Waals surface area contributed by atoms with Crippen LogP contribution in [0.1, 0.15) is 5.56 Å². The highest BCUT2D eigenvalue weighted by Crippen LogP contribution is 2.15. The Morgan fingerprint density at radius 2 is 1.65 bits per heavy atom.